The molecule has 2 nitrogen and oxygen atoms in total. The first-order chi connectivity index (χ1) is 16.1. The molecule has 33 heavy (non-hydrogen) atoms. The van der Waals surface area contributed by atoms with Gasteiger partial charge in [0.2, 0.25) is 0 Å². The Balaban J connectivity index is 1.46. The molecule has 2 fully saturated rings. The molecule has 4 unspecified atom stereocenters. The number of hydrogen-bond donors (Lipinski definition) is 1. The average Bonchev–Trinajstić information content (AvgIpc) is 3.20. The van der Waals surface area contributed by atoms with Crippen LogP contribution in [0, 0.1) is 17.8 Å². The molecule has 0 bridgehead atoms. The Morgan fingerprint density at radius 3 is 2.21 bits per heavy atom. The fraction of sp³-hybridized carbons (Fsp3) is 0.400. The first-order valence-corrected chi connectivity index (χ1v) is 15.8. The van der Waals surface area contributed by atoms with E-state index in [1.165, 1.54) is 46.6 Å². The summed E-state index contributed by atoms with van der Waals surface area (Å²) in [6.45, 7) is 12.6. The molecule has 0 radical (unpaired) electrons. The second kappa shape index (κ2) is 8.23. The zero-order chi connectivity index (χ0) is 22.6. The van der Waals surface area contributed by atoms with E-state index in [-0.39, 0.29) is 0 Å². The molecule has 1 N–H and O–H groups in total. The molecule has 3 aromatic carbocycles. The van der Waals surface area contributed by atoms with Gasteiger partial charge in [0.25, 0.3) is 0 Å². The molecule has 3 aromatic rings. The molecule has 6 rings (SSSR count). The van der Waals surface area contributed by atoms with Crippen LogP contribution < -0.4 is 5.32 Å². The standard InChI is InChI=1S/C30H36N2Si/c1-21-19-28-26(13-8-14-27(28)30(21)33(2,3)32-17-15-31-16-18-32)29-24-11-6-4-9-22(24)20-23-10-5-7-12-25(23)29/h4-14,20-21,27-28,30-31H,15-19H2,1-3H3. The molecule has 1 aliphatic heterocycles. The normalized spacial score (nSPS) is 28.3. The Hall–Kier alpha value is -2.20. The highest BCUT2D eigenvalue weighted by Gasteiger charge is 2.52. The molecule has 0 amide bonds. The number of allylic oxidation sites excluding steroid dienone is 4. The van der Waals surface area contributed by atoms with Crippen LogP contribution in [0.3, 0.4) is 0 Å². The zero-order valence-electron chi connectivity index (χ0n) is 20.2. The van der Waals surface area contributed by atoms with Crippen molar-refractivity contribution >= 4 is 35.4 Å². The topological polar surface area (TPSA) is 15.3 Å². The van der Waals surface area contributed by atoms with E-state index in [1.54, 1.807) is 5.57 Å². The predicted octanol–water partition coefficient (Wildman–Crippen LogP) is 6.70. The van der Waals surface area contributed by atoms with Gasteiger partial charge in [-0.3, -0.25) is 0 Å². The van der Waals surface area contributed by atoms with Crippen molar-refractivity contribution < 1.29 is 0 Å². The number of fused-ring (bicyclic) bond motifs is 3. The molecule has 2 aliphatic carbocycles. The van der Waals surface area contributed by atoms with Crippen molar-refractivity contribution in [3.05, 3.63) is 78.4 Å². The van der Waals surface area contributed by atoms with Gasteiger partial charge in [-0.05, 0) is 68.5 Å². The van der Waals surface area contributed by atoms with Gasteiger partial charge in [0.1, 0.15) is 8.24 Å². The molecule has 1 saturated heterocycles. The lowest BCUT2D eigenvalue weighted by Crippen LogP contribution is -2.60. The maximum atomic E-state index is 3.56. The van der Waals surface area contributed by atoms with Crippen LogP contribution in [0.5, 0.6) is 0 Å². The fourth-order valence-electron chi connectivity index (χ4n) is 7.55. The summed E-state index contributed by atoms with van der Waals surface area (Å²) in [4.78, 5) is 0. The molecule has 3 aliphatic rings. The van der Waals surface area contributed by atoms with Crippen molar-refractivity contribution in [2.75, 3.05) is 26.2 Å². The number of rotatable bonds is 3. The van der Waals surface area contributed by atoms with Gasteiger partial charge in [-0.2, -0.15) is 0 Å². The summed E-state index contributed by atoms with van der Waals surface area (Å²) in [5, 5.41) is 9.10. The predicted molar refractivity (Wildman–Crippen MR) is 145 cm³/mol. The summed E-state index contributed by atoms with van der Waals surface area (Å²) in [5.74, 6) is 2.05. The second-order valence-corrected chi connectivity index (χ2v) is 15.6. The Labute approximate surface area is 199 Å². The summed E-state index contributed by atoms with van der Waals surface area (Å²) in [5.41, 5.74) is 3.87. The SMILES string of the molecule is CC1CC2C(c3c4ccccc4cc4ccccc34)=CC=CC2C1[Si](C)(C)N1CCNCC1. The molecule has 1 heterocycles. The van der Waals surface area contributed by atoms with Crippen molar-refractivity contribution in [3.63, 3.8) is 0 Å². The monoisotopic (exact) mass is 452 g/mol. The molecule has 170 valence electrons. The zero-order valence-corrected chi connectivity index (χ0v) is 21.2. The van der Waals surface area contributed by atoms with E-state index in [0.717, 1.165) is 24.5 Å². The van der Waals surface area contributed by atoms with E-state index in [0.29, 0.717) is 11.8 Å². The van der Waals surface area contributed by atoms with Crippen molar-refractivity contribution in [2.24, 2.45) is 17.8 Å². The number of benzene rings is 3. The highest BCUT2D eigenvalue weighted by molar-refractivity contribution is 6.76. The Morgan fingerprint density at radius 2 is 1.55 bits per heavy atom. The number of nitrogens with one attached hydrogen (secondary N) is 1. The van der Waals surface area contributed by atoms with Gasteiger partial charge < -0.3 is 9.88 Å². The van der Waals surface area contributed by atoms with Crippen LogP contribution in [0.15, 0.2) is 72.8 Å². The van der Waals surface area contributed by atoms with Gasteiger partial charge in [0.05, 0.1) is 0 Å². The molecule has 1 saturated carbocycles. The maximum Gasteiger partial charge on any atom is 0.126 e. The third-order valence-corrected chi connectivity index (χ3v) is 13.6. The molecular formula is C30H36N2Si. The van der Waals surface area contributed by atoms with E-state index >= 15 is 0 Å². The lowest BCUT2D eigenvalue weighted by molar-refractivity contribution is 0.341. The van der Waals surface area contributed by atoms with E-state index < -0.39 is 8.24 Å². The van der Waals surface area contributed by atoms with Crippen molar-refractivity contribution in [1.82, 2.24) is 9.88 Å². The van der Waals surface area contributed by atoms with Crippen LogP contribution in [0.2, 0.25) is 18.6 Å². The van der Waals surface area contributed by atoms with E-state index in [4.69, 9.17) is 0 Å². The minimum Gasteiger partial charge on any atom is -0.321 e. The summed E-state index contributed by atoms with van der Waals surface area (Å²) in [7, 11) is -1.56. The van der Waals surface area contributed by atoms with E-state index in [2.05, 4.69) is 103 Å². The summed E-state index contributed by atoms with van der Waals surface area (Å²) >= 11 is 0. The Bertz CT molecular complexity index is 1200. The summed E-state index contributed by atoms with van der Waals surface area (Å²) in [6.07, 6.45) is 8.72. The van der Waals surface area contributed by atoms with Crippen LogP contribution in [0.4, 0.5) is 0 Å². The third-order valence-electron chi connectivity index (χ3n) is 8.93. The van der Waals surface area contributed by atoms with Crippen molar-refractivity contribution in [1.29, 1.82) is 0 Å². The van der Waals surface area contributed by atoms with Crippen molar-refractivity contribution in [3.8, 4) is 0 Å². The molecule has 0 spiro atoms. The lowest BCUT2D eigenvalue weighted by Gasteiger charge is -2.47. The lowest BCUT2D eigenvalue weighted by atomic mass is 9.78. The highest BCUT2D eigenvalue weighted by atomic mass is 28.3. The van der Waals surface area contributed by atoms with Crippen molar-refractivity contribution in [2.45, 2.75) is 32.0 Å². The third kappa shape index (κ3) is 3.44. The van der Waals surface area contributed by atoms with Gasteiger partial charge >= 0.3 is 0 Å². The quantitative estimate of drug-likeness (QED) is 0.351. The van der Waals surface area contributed by atoms with Gasteiger partial charge in [0.15, 0.2) is 0 Å². The summed E-state index contributed by atoms with van der Waals surface area (Å²) < 4.78 is 2.90. The average molecular weight is 453 g/mol. The van der Waals surface area contributed by atoms with Gasteiger partial charge in [-0.25, -0.2) is 0 Å². The number of piperazine rings is 1. The Kier molecular flexibility index (Phi) is 5.32. The van der Waals surface area contributed by atoms with Crippen LogP contribution in [0.25, 0.3) is 27.1 Å². The molecule has 0 aromatic heterocycles. The number of nitrogens with zero attached hydrogens (tertiary/aromatic N) is 1. The van der Waals surface area contributed by atoms with Gasteiger partial charge in [-0.1, -0.05) is 86.8 Å². The van der Waals surface area contributed by atoms with E-state index in [9.17, 15) is 0 Å². The summed E-state index contributed by atoms with van der Waals surface area (Å²) in [6, 6.07) is 20.4. The largest absolute Gasteiger partial charge is 0.321 e. The van der Waals surface area contributed by atoms with Crippen LogP contribution in [0.1, 0.15) is 18.9 Å². The number of hydrogen-bond acceptors (Lipinski definition) is 2. The minimum atomic E-state index is -1.56. The van der Waals surface area contributed by atoms with E-state index in [1.807, 2.05) is 0 Å². The molecule has 3 heteroatoms. The molecular weight excluding hydrogens is 416 g/mol. The minimum absolute atomic E-state index is 0.624. The smallest absolute Gasteiger partial charge is 0.126 e. The fourth-order valence-corrected chi connectivity index (χ4v) is 12.2. The van der Waals surface area contributed by atoms with Crippen LogP contribution in [-0.2, 0) is 0 Å². The molecule has 4 atom stereocenters. The Morgan fingerprint density at radius 1 is 0.909 bits per heavy atom. The van der Waals surface area contributed by atoms with Gasteiger partial charge in [0, 0.05) is 26.2 Å². The first-order valence-electron chi connectivity index (χ1n) is 12.8. The second-order valence-electron chi connectivity index (χ2n) is 11.0. The highest BCUT2D eigenvalue weighted by Crippen LogP contribution is 2.58. The first kappa shape index (κ1) is 21.3. The van der Waals surface area contributed by atoms with Gasteiger partial charge in [-0.15, -0.1) is 0 Å². The van der Waals surface area contributed by atoms with Crippen LogP contribution >= 0.6 is 0 Å². The maximum absolute atomic E-state index is 3.56. The van der Waals surface area contributed by atoms with Crippen LogP contribution in [-0.4, -0.2) is 39.0 Å².